The Kier molecular flexibility index (Phi) is 7.11. The Hall–Kier alpha value is -3.47. The number of carbonyl (C=O) groups excluding carboxylic acids is 1. The molecule has 0 aliphatic heterocycles. The molecule has 0 bridgehead atoms. The van der Waals surface area contributed by atoms with Gasteiger partial charge in [-0.3, -0.25) is 4.79 Å². The van der Waals surface area contributed by atoms with Crippen LogP contribution >= 0.6 is 0 Å². The molecule has 2 N–H and O–H groups in total. The van der Waals surface area contributed by atoms with Gasteiger partial charge in [-0.05, 0) is 49.7 Å². The van der Waals surface area contributed by atoms with Crippen LogP contribution < -0.4 is 20.1 Å². The van der Waals surface area contributed by atoms with Crippen LogP contribution in [0.3, 0.4) is 0 Å². The minimum Gasteiger partial charge on any atom is -0.490 e. The van der Waals surface area contributed by atoms with Crippen molar-refractivity contribution in [3.05, 3.63) is 83.9 Å². The summed E-state index contributed by atoms with van der Waals surface area (Å²) in [6.45, 7) is 5.00. The van der Waals surface area contributed by atoms with Crippen LogP contribution in [-0.2, 0) is 4.79 Å². The average Bonchev–Trinajstić information content (AvgIpc) is 2.73. The van der Waals surface area contributed by atoms with Gasteiger partial charge in [0.2, 0.25) is 5.91 Å². The van der Waals surface area contributed by atoms with Crippen molar-refractivity contribution in [2.75, 3.05) is 30.4 Å². The first kappa shape index (κ1) is 20.3. The van der Waals surface area contributed by atoms with Crippen LogP contribution in [-0.4, -0.2) is 25.7 Å². The summed E-state index contributed by atoms with van der Waals surface area (Å²) in [5, 5.41) is 6.08. The molecule has 0 aromatic heterocycles. The summed E-state index contributed by atoms with van der Waals surface area (Å²) in [4.78, 5) is 12.3. The van der Waals surface area contributed by atoms with Crippen molar-refractivity contribution >= 4 is 17.3 Å². The summed E-state index contributed by atoms with van der Waals surface area (Å²) in [7, 11) is 0. The Morgan fingerprint density at radius 1 is 0.828 bits per heavy atom. The molecule has 3 rings (SSSR count). The zero-order valence-electron chi connectivity index (χ0n) is 16.8. The van der Waals surface area contributed by atoms with Gasteiger partial charge in [-0.2, -0.15) is 0 Å². The number of aryl methyl sites for hydroxylation is 2. The van der Waals surface area contributed by atoms with Crippen LogP contribution in [0.5, 0.6) is 11.5 Å². The smallest absolute Gasteiger partial charge is 0.243 e. The molecule has 5 nitrogen and oxygen atoms in total. The molecule has 1 amide bonds. The number of ether oxygens (including phenoxy) is 2. The molecule has 29 heavy (non-hydrogen) atoms. The summed E-state index contributed by atoms with van der Waals surface area (Å²) < 4.78 is 11.5. The van der Waals surface area contributed by atoms with E-state index in [2.05, 4.69) is 10.6 Å². The zero-order valence-corrected chi connectivity index (χ0v) is 16.8. The summed E-state index contributed by atoms with van der Waals surface area (Å²) in [5.41, 5.74) is 3.80. The topological polar surface area (TPSA) is 59.6 Å². The standard InChI is InChI=1S/C24H26N2O3/c1-18-12-13-21(19(2)16-18)26-24(27)17-25-22-10-6-7-11-23(22)29-15-14-28-20-8-4-3-5-9-20/h3-13,16,25H,14-15,17H2,1-2H3,(H,26,27). The number of nitrogens with one attached hydrogen (secondary N) is 2. The highest BCUT2D eigenvalue weighted by Crippen LogP contribution is 2.23. The molecule has 0 atom stereocenters. The van der Waals surface area contributed by atoms with Crippen LogP contribution in [0.1, 0.15) is 11.1 Å². The van der Waals surface area contributed by atoms with E-state index in [1.807, 2.05) is 86.6 Å². The van der Waals surface area contributed by atoms with Gasteiger partial charge in [-0.25, -0.2) is 0 Å². The van der Waals surface area contributed by atoms with Crippen molar-refractivity contribution in [1.82, 2.24) is 0 Å². The van der Waals surface area contributed by atoms with Gasteiger partial charge in [-0.1, -0.05) is 48.0 Å². The first-order chi connectivity index (χ1) is 14.1. The van der Waals surface area contributed by atoms with E-state index < -0.39 is 0 Å². The van der Waals surface area contributed by atoms with Crippen LogP contribution in [0.25, 0.3) is 0 Å². The van der Waals surface area contributed by atoms with Crippen LogP contribution in [0.15, 0.2) is 72.8 Å². The third-order valence-corrected chi connectivity index (χ3v) is 4.34. The van der Waals surface area contributed by atoms with Crippen LogP contribution in [0, 0.1) is 13.8 Å². The van der Waals surface area contributed by atoms with Gasteiger partial charge in [0.1, 0.15) is 24.7 Å². The SMILES string of the molecule is Cc1ccc(NC(=O)CNc2ccccc2OCCOc2ccccc2)c(C)c1. The van der Waals surface area contributed by atoms with Gasteiger partial charge in [0.15, 0.2) is 0 Å². The predicted molar refractivity (Wildman–Crippen MR) is 117 cm³/mol. The second-order valence-corrected chi connectivity index (χ2v) is 6.73. The average molecular weight is 390 g/mol. The second-order valence-electron chi connectivity index (χ2n) is 6.73. The van der Waals surface area contributed by atoms with Gasteiger partial charge in [0.25, 0.3) is 0 Å². The third kappa shape index (κ3) is 6.28. The maximum atomic E-state index is 12.3. The fourth-order valence-corrected chi connectivity index (χ4v) is 2.89. The minimum absolute atomic E-state index is 0.112. The van der Waals surface area contributed by atoms with Crippen LogP contribution in [0.4, 0.5) is 11.4 Å². The molecule has 0 aliphatic rings. The first-order valence-corrected chi connectivity index (χ1v) is 9.62. The van der Waals surface area contributed by atoms with Gasteiger partial charge < -0.3 is 20.1 Å². The van der Waals surface area contributed by atoms with Gasteiger partial charge in [0.05, 0.1) is 12.2 Å². The van der Waals surface area contributed by atoms with Crippen molar-refractivity contribution in [2.45, 2.75) is 13.8 Å². The molecule has 0 radical (unpaired) electrons. The molecular formula is C24H26N2O3. The number of hydrogen-bond acceptors (Lipinski definition) is 4. The summed E-state index contributed by atoms with van der Waals surface area (Å²) in [5.74, 6) is 1.38. The number of carbonyl (C=O) groups is 1. The van der Waals surface area contributed by atoms with Gasteiger partial charge >= 0.3 is 0 Å². The molecule has 0 unspecified atom stereocenters. The Labute approximate surface area is 171 Å². The number of hydrogen-bond donors (Lipinski definition) is 2. The lowest BCUT2D eigenvalue weighted by Gasteiger charge is -2.14. The Bertz CT molecular complexity index is 942. The van der Waals surface area contributed by atoms with Crippen LogP contribution in [0.2, 0.25) is 0 Å². The molecule has 0 saturated carbocycles. The van der Waals surface area contributed by atoms with E-state index in [0.29, 0.717) is 19.0 Å². The van der Waals surface area contributed by atoms with E-state index in [0.717, 1.165) is 22.7 Å². The van der Waals surface area contributed by atoms with Crippen molar-refractivity contribution < 1.29 is 14.3 Å². The number of rotatable bonds is 9. The molecule has 0 aliphatic carbocycles. The van der Waals surface area contributed by atoms with Crippen molar-refractivity contribution in [2.24, 2.45) is 0 Å². The van der Waals surface area contributed by atoms with E-state index in [9.17, 15) is 4.79 Å². The molecule has 5 heteroatoms. The Balaban J connectivity index is 1.48. The van der Waals surface area contributed by atoms with Crippen molar-refractivity contribution in [3.8, 4) is 11.5 Å². The van der Waals surface area contributed by atoms with E-state index in [1.54, 1.807) is 0 Å². The molecular weight excluding hydrogens is 364 g/mol. The maximum Gasteiger partial charge on any atom is 0.243 e. The van der Waals surface area contributed by atoms with E-state index in [1.165, 1.54) is 5.56 Å². The fraction of sp³-hybridized carbons (Fsp3) is 0.208. The van der Waals surface area contributed by atoms with Gasteiger partial charge in [-0.15, -0.1) is 0 Å². The second kappa shape index (κ2) is 10.2. The Morgan fingerprint density at radius 3 is 2.34 bits per heavy atom. The van der Waals surface area contributed by atoms with Crippen molar-refractivity contribution in [3.63, 3.8) is 0 Å². The molecule has 3 aromatic rings. The molecule has 0 saturated heterocycles. The summed E-state index contributed by atoms with van der Waals surface area (Å²) in [6, 6.07) is 23.1. The van der Waals surface area contributed by atoms with E-state index in [-0.39, 0.29) is 12.5 Å². The number of para-hydroxylation sites is 3. The monoisotopic (exact) mass is 390 g/mol. The summed E-state index contributed by atoms with van der Waals surface area (Å²) >= 11 is 0. The van der Waals surface area contributed by atoms with Gasteiger partial charge in [0, 0.05) is 5.69 Å². The lowest BCUT2D eigenvalue weighted by molar-refractivity contribution is -0.114. The number of benzene rings is 3. The highest BCUT2D eigenvalue weighted by atomic mass is 16.5. The molecule has 0 spiro atoms. The largest absolute Gasteiger partial charge is 0.490 e. The van der Waals surface area contributed by atoms with E-state index >= 15 is 0 Å². The predicted octanol–water partition coefficient (Wildman–Crippen LogP) is 4.81. The van der Waals surface area contributed by atoms with E-state index in [4.69, 9.17) is 9.47 Å². The Morgan fingerprint density at radius 2 is 1.55 bits per heavy atom. The third-order valence-electron chi connectivity index (χ3n) is 4.34. The lowest BCUT2D eigenvalue weighted by atomic mass is 10.1. The highest BCUT2D eigenvalue weighted by molar-refractivity contribution is 5.94. The first-order valence-electron chi connectivity index (χ1n) is 9.62. The quantitative estimate of drug-likeness (QED) is 0.515. The van der Waals surface area contributed by atoms with Crippen molar-refractivity contribution in [1.29, 1.82) is 0 Å². The highest BCUT2D eigenvalue weighted by Gasteiger charge is 2.08. The zero-order chi connectivity index (χ0) is 20.5. The molecule has 3 aromatic carbocycles. The normalized spacial score (nSPS) is 10.3. The lowest BCUT2D eigenvalue weighted by Crippen LogP contribution is -2.22. The molecule has 150 valence electrons. The maximum absolute atomic E-state index is 12.3. The molecule has 0 fully saturated rings. The fourth-order valence-electron chi connectivity index (χ4n) is 2.89. The minimum atomic E-state index is -0.112. The number of anilines is 2. The molecule has 0 heterocycles. The number of amides is 1. The summed E-state index contributed by atoms with van der Waals surface area (Å²) in [6.07, 6.45) is 0.